The summed E-state index contributed by atoms with van der Waals surface area (Å²) in [5.74, 6) is -3.10. The molecule has 2 aromatic rings. The lowest BCUT2D eigenvalue weighted by Gasteiger charge is -2.29. The molecule has 0 bridgehead atoms. The van der Waals surface area contributed by atoms with Crippen molar-refractivity contribution in [1.29, 1.82) is 0 Å². The van der Waals surface area contributed by atoms with Crippen molar-refractivity contribution in [3.63, 3.8) is 0 Å². The van der Waals surface area contributed by atoms with Crippen molar-refractivity contribution in [3.05, 3.63) is 53.3 Å². The highest BCUT2D eigenvalue weighted by atomic mass is 19.4. The Labute approximate surface area is 197 Å². The lowest BCUT2D eigenvalue weighted by atomic mass is 9.77. The van der Waals surface area contributed by atoms with Crippen molar-refractivity contribution in [2.75, 3.05) is 0 Å². The molecule has 0 aromatic heterocycles. The Morgan fingerprint density at radius 2 is 1.47 bits per heavy atom. The maximum Gasteiger partial charge on any atom is 0.573 e. The molecule has 0 radical (unpaired) electrons. The Morgan fingerprint density at radius 1 is 0.882 bits per heavy atom. The number of benzene rings is 2. The number of hydrogen-bond donors (Lipinski definition) is 0. The van der Waals surface area contributed by atoms with E-state index in [4.69, 9.17) is 0 Å². The van der Waals surface area contributed by atoms with Gasteiger partial charge in [-0.15, -0.1) is 13.2 Å². The van der Waals surface area contributed by atoms with Gasteiger partial charge in [0, 0.05) is 5.56 Å². The largest absolute Gasteiger partial charge is 0.573 e. The van der Waals surface area contributed by atoms with Gasteiger partial charge in [-0.25, -0.2) is 13.2 Å². The second kappa shape index (κ2) is 11.5. The fourth-order valence-electron chi connectivity index (χ4n) is 4.78. The van der Waals surface area contributed by atoms with Gasteiger partial charge in [0.25, 0.3) is 0 Å². The first kappa shape index (κ1) is 26.4. The highest BCUT2D eigenvalue weighted by Gasteiger charge is 2.34. The standard InChI is InChI=1S/C27H32F6O/c1-3-17(2)4-5-18-6-8-19(9-7-18)10-11-20-12-13-22(23(28)14-20)21-15-24(29)26(25(30)16-21)34-27(31,32)33/h12-19H,3-11H2,1-2H3. The number of halogens is 6. The Kier molecular flexibility index (Phi) is 8.94. The van der Waals surface area contributed by atoms with Crippen molar-refractivity contribution in [2.45, 2.75) is 78.0 Å². The van der Waals surface area contributed by atoms with E-state index in [2.05, 4.69) is 18.6 Å². The van der Waals surface area contributed by atoms with Gasteiger partial charge < -0.3 is 4.74 Å². The number of aryl methyl sites for hydroxylation is 1. The van der Waals surface area contributed by atoms with E-state index in [0.717, 1.165) is 23.8 Å². The summed E-state index contributed by atoms with van der Waals surface area (Å²) < 4.78 is 83.1. The maximum atomic E-state index is 14.7. The molecule has 1 fully saturated rings. The van der Waals surface area contributed by atoms with Crippen LogP contribution in [0, 0.1) is 35.2 Å². The van der Waals surface area contributed by atoms with E-state index in [9.17, 15) is 26.3 Å². The molecule has 188 valence electrons. The van der Waals surface area contributed by atoms with Crippen molar-refractivity contribution in [3.8, 4) is 16.9 Å². The molecule has 34 heavy (non-hydrogen) atoms. The average molecular weight is 487 g/mol. The molecule has 1 atom stereocenters. The number of rotatable bonds is 9. The van der Waals surface area contributed by atoms with Crippen molar-refractivity contribution in [1.82, 2.24) is 0 Å². The molecular formula is C27H32F6O. The van der Waals surface area contributed by atoms with E-state index in [1.54, 1.807) is 6.07 Å². The van der Waals surface area contributed by atoms with E-state index in [-0.39, 0.29) is 11.1 Å². The minimum Gasteiger partial charge on any atom is -0.399 e. The molecule has 7 heteroatoms. The van der Waals surface area contributed by atoms with Crippen LogP contribution >= 0.6 is 0 Å². The summed E-state index contributed by atoms with van der Waals surface area (Å²) in [5.41, 5.74) is 0.518. The van der Waals surface area contributed by atoms with Crippen LogP contribution in [0.5, 0.6) is 5.75 Å². The molecule has 0 aliphatic heterocycles. The third kappa shape index (κ3) is 7.41. The van der Waals surface area contributed by atoms with Crippen LogP contribution in [0.25, 0.3) is 11.1 Å². The number of hydrogen-bond acceptors (Lipinski definition) is 1. The van der Waals surface area contributed by atoms with Crippen LogP contribution in [0.4, 0.5) is 26.3 Å². The zero-order chi connectivity index (χ0) is 24.9. The van der Waals surface area contributed by atoms with Crippen LogP contribution in [0.2, 0.25) is 0 Å². The van der Waals surface area contributed by atoms with Gasteiger partial charge in [0.15, 0.2) is 11.6 Å². The molecule has 0 heterocycles. The first-order chi connectivity index (χ1) is 16.1. The number of alkyl halides is 3. The van der Waals surface area contributed by atoms with Gasteiger partial charge in [-0.2, -0.15) is 0 Å². The molecule has 1 nitrogen and oxygen atoms in total. The zero-order valence-corrected chi connectivity index (χ0v) is 19.7. The van der Waals surface area contributed by atoms with E-state index in [1.807, 2.05) is 0 Å². The van der Waals surface area contributed by atoms with Gasteiger partial charge >= 0.3 is 6.36 Å². The first-order valence-corrected chi connectivity index (χ1v) is 12.1. The summed E-state index contributed by atoms with van der Waals surface area (Å²) in [4.78, 5) is 0. The second-order valence-corrected chi connectivity index (χ2v) is 9.65. The zero-order valence-electron chi connectivity index (χ0n) is 19.7. The normalized spacial score (nSPS) is 19.8. The Morgan fingerprint density at radius 3 is 2.00 bits per heavy atom. The summed E-state index contributed by atoms with van der Waals surface area (Å²) in [6.07, 6.45) is 5.15. The molecular weight excluding hydrogens is 454 g/mol. The van der Waals surface area contributed by atoms with E-state index in [1.165, 1.54) is 57.1 Å². The third-order valence-electron chi connectivity index (χ3n) is 7.13. The smallest absolute Gasteiger partial charge is 0.399 e. The lowest BCUT2D eigenvalue weighted by Crippen LogP contribution is -2.19. The van der Waals surface area contributed by atoms with E-state index >= 15 is 0 Å². The molecule has 0 saturated heterocycles. The van der Waals surface area contributed by atoms with Crippen LogP contribution in [0.3, 0.4) is 0 Å². The predicted molar refractivity (Wildman–Crippen MR) is 121 cm³/mol. The van der Waals surface area contributed by atoms with Crippen molar-refractivity contribution < 1.29 is 31.1 Å². The van der Waals surface area contributed by atoms with Gasteiger partial charge in [0.2, 0.25) is 5.75 Å². The van der Waals surface area contributed by atoms with Gasteiger partial charge in [-0.1, -0.05) is 70.9 Å². The highest BCUT2D eigenvalue weighted by molar-refractivity contribution is 5.65. The SMILES string of the molecule is CCC(C)CCC1CCC(CCc2ccc(-c3cc(F)c(OC(F)(F)F)c(F)c3)c(F)c2)CC1. The van der Waals surface area contributed by atoms with Crippen molar-refractivity contribution in [2.24, 2.45) is 17.8 Å². The van der Waals surface area contributed by atoms with Gasteiger partial charge in [0.05, 0.1) is 0 Å². The molecule has 3 rings (SSSR count). The van der Waals surface area contributed by atoms with Gasteiger partial charge in [0.1, 0.15) is 5.82 Å². The van der Waals surface area contributed by atoms with Gasteiger partial charge in [-0.3, -0.25) is 0 Å². The lowest BCUT2D eigenvalue weighted by molar-refractivity contribution is -0.276. The van der Waals surface area contributed by atoms with E-state index < -0.39 is 29.6 Å². The van der Waals surface area contributed by atoms with Gasteiger partial charge in [-0.05, 0) is 59.9 Å². The third-order valence-corrected chi connectivity index (χ3v) is 7.13. The molecule has 1 unspecified atom stereocenters. The second-order valence-electron chi connectivity index (χ2n) is 9.65. The molecule has 0 amide bonds. The number of ether oxygens (including phenoxy) is 1. The summed E-state index contributed by atoms with van der Waals surface area (Å²) >= 11 is 0. The summed E-state index contributed by atoms with van der Waals surface area (Å²) in [5, 5.41) is 0. The molecule has 1 aliphatic carbocycles. The summed E-state index contributed by atoms with van der Waals surface area (Å²) in [6.45, 7) is 4.54. The maximum absolute atomic E-state index is 14.7. The molecule has 0 spiro atoms. The molecule has 1 saturated carbocycles. The Bertz CT molecular complexity index is 924. The van der Waals surface area contributed by atoms with Crippen LogP contribution in [0.1, 0.15) is 70.8 Å². The predicted octanol–water partition coefficient (Wildman–Crippen LogP) is 9.23. The average Bonchev–Trinajstić information content (AvgIpc) is 2.78. The Balaban J connectivity index is 1.57. The van der Waals surface area contributed by atoms with Crippen LogP contribution in [-0.2, 0) is 6.42 Å². The van der Waals surface area contributed by atoms with Crippen molar-refractivity contribution >= 4 is 0 Å². The quantitative estimate of drug-likeness (QED) is 0.321. The molecule has 0 N–H and O–H groups in total. The van der Waals surface area contributed by atoms with Crippen LogP contribution in [0.15, 0.2) is 30.3 Å². The molecule has 1 aliphatic rings. The summed E-state index contributed by atoms with van der Waals surface area (Å²) in [6, 6.07) is 5.73. The van der Waals surface area contributed by atoms with Crippen LogP contribution in [-0.4, -0.2) is 6.36 Å². The van der Waals surface area contributed by atoms with E-state index in [0.29, 0.717) is 24.5 Å². The topological polar surface area (TPSA) is 9.23 Å². The fourth-order valence-corrected chi connectivity index (χ4v) is 4.78. The first-order valence-electron chi connectivity index (χ1n) is 12.1. The highest BCUT2D eigenvalue weighted by Crippen LogP contribution is 2.36. The molecule has 2 aromatic carbocycles. The minimum atomic E-state index is -5.23. The van der Waals surface area contributed by atoms with Crippen LogP contribution < -0.4 is 4.74 Å². The Hall–Kier alpha value is -2.18. The monoisotopic (exact) mass is 486 g/mol. The fraction of sp³-hybridized carbons (Fsp3) is 0.556. The summed E-state index contributed by atoms with van der Waals surface area (Å²) in [7, 11) is 0. The minimum absolute atomic E-state index is 0.0816.